The molecule has 0 aromatic carbocycles. The van der Waals surface area contributed by atoms with Crippen LogP contribution in [-0.2, 0) is 9.84 Å². The van der Waals surface area contributed by atoms with Crippen molar-refractivity contribution in [2.45, 2.75) is 144 Å². The second kappa shape index (κ2) is 13.3. The molecule has 1 saturated heterocycles. The lowest BCUT2D eigenvalue weighted by Gasteiger charge is -2.72. The molecule has 1 heterocycles. The molecule has 3 N–H and O–H groups in total. The van der Waals surface area contributed by atoms with E-state index < -0.39 is 28.2 Å². The average Bonchev–Trinajstić information content (AvgIpc) is 3.46. The number of aliphatic hydroxyl groups excluding tert-OH is 1. The summed E-state index contributed by atoms with van der Waals surface area (Å²) in [6.07, 6.45) is 15.5. The van der Waals surface area contributed by atoms with Gasteiger partial charge in [-0.05, 0) is 147 Å². The van der Waals surface area contributed by atoms with E-state index in [1.807, 2.05) is 0 Å². The van der Waals surface area contributed by atoms with E-state index in [9.17, 15) is 23.0 Å². The van der Waals surface area contributed by atoms with Crippen LogP contribution in [-0.4, -0.2) is 79.7 Å². The molecule has 5 saturated carbocycles. The Balaban J connectivity index is 1.11. The number of halogens is 1. The van der Waals surface area contributed by atoms with Gasteiger partial charge in [-0.3, -0.25) is 4.39 Å². The summed E-state index contributed by atoms with van der Waals surface area (Å²) in [5.74, 6) is 5.24. The van der Waals surface area contributed by atoms with Crippen LogP contribution >= 0.6 is 0 Å². The third-order valence-corrected chi connectivity index (χ3v) is 20.2. The number of allylic oxidation sites excluding steroid dienone is 2. The number of aliphatic hydroxyl groups is 2. The molecule has 7 aliphatic rings. The number of rotatable bonds is 8. The van der Waals surface area contributed by atoms with Gasteiger partial charge in [0.2, 0.25) is 0 Å². The molecule has 8 heteroatoms. The molecule has 6 fully saturated rings. The van der Waals surface area contributed by atoms with Crippen LogP contribution in [0, 0.1) is 68.5 Å². The molecule has 51 heavy (non-hydrogen) atoms. The monoisotopic (exact) mass is 733 g/mol. The Morgan fingerprint density at radius 2 is 1.55 bits per heavy atom. The van der Waals surface area contributed by atoms with Crippen LogP contribution in [0.5, 0.6) is 0 Å². The minimum atomic E-state index is -2.86. The van der Waals surface area contributed by atoms with Gasteiger partial charge in [0.1, 0.15) is 0 Å². The summed E-state index contributed by atoms with van der Waals surface area (Å²) in [4.78, 5) is 2.36. The van der Waals surface area contributed by atoms with E-state index in [1.165, 1.54) is 51.4 Å². The largest absolute Gasteiger partial charge is 0.368 e. The van der Waals surface area contributed by atoms with Gasteiger partial charge in [-0.15, -0.1) is 0 Å². The predicted molar refractivity (Wildman–Crippen MR) is 204 cm³/mol. The summed E-state index contributed by atoms with van der Waals surface area (Å²) in [6, 6.07) is 0. The molecule has 1 aliphatic heterocycles. The summed E-state index contributed by atoms with van der Waals surface area (Å²) < 4.78 is 38.2. The quantitative estimate of drug-likeness (QED) is 0.175. The molecular weight excluding hydrogens is 660 g/mol. The van der Waals surface area contributed by atoms with Crippen molar-refractivity contribution in [1.29, 1.82) is 0 Å². The second-order valence-corrected chi connectivity index (χ2v) is 23.3. The highest BCUT2D eigenvalue weighted by Crippen LogP contribution is 2.76. The highest BCUT2D eigenvalue weighted by atomic mass is 32.2. The zero-order valence-corrected chi connectivity index (χ0v) is 34.1. The lowest BCUT2D eigenvalue weighted by molar-refractivity contribution is -0.224. The van der Waals surface area contributed by atoms with Gasteiger partial charge in [-0.25, -0.2) is 8.42 Å². The Kier molecular flexibility index (Phi) is 10.1. The third-order valence-electron chi connectivity index (χ3n) is 18.6. The molecule has 0 unspecified atom stereocenters. The molecule has 6 aliphatic carbocycles. The maximum Gasteiger partial charge on any atom is 0.159 e. The lowest BCUT2D eigenvalue weighted by atomic mass is 9.32. The molecule has 292 valence electrons. The molecule has 9 atom stereocenters. The Labute approximate surface area is 310 Å². The van der Waals surface area contributed by atoms with Crippen molar-refractivity contribution >= 4 is 9.84 Å². The normalized spacial score (nSPS) is 48.0. The number of hydrogen-bond donors (Lipinski definition) is 3. The number of fused-ring (bicyclic) bond motifs is 7. The van der Waals surface area contributed by atoms with E-state index in [4.69, 9.17) is 0 Å². The molecule has 0 amide bonds. The maximum absolute atomic E-state index is 14.1. The fourth-order valence-corrected chi connectivity index (χ4v) is 16.7. The van der Waals surface area contributed by atoms with E-state index in [2.05, 4.69) is 64.8 Å². The van der Waals surface area contributed by atoms with Crippen molar-refractivity contribution < 1.29 is 23.0 Å². The summed E-state index contributed by atoms with van der Waals surface area (Å²) >= 11 is 0. The molecule has 7 rings (SSSR count). The van der Waals surface area contributed by atoms with Crippen molar-refractivity contribution in [3.63, 3.8) is 0 Å². The summed E-state index contributed by atoms with van der Waals surface area (Å²) in [7, 11) is -2.86. The van der Waals surface area contributed by atoms with Crippen LogP contribution in [0.25, 0.3) is 0 Å². The van der Waals surface area contributed by atoms with E-state index in [-0.39, 0.29) is 16.4 Å². The van der Waals surface area contributed by atoms with Crippen LogP contribution in [0.15, 0.2) is 11.6 Å². The fraction of sp³-hybridized carbons (Fsp3) is 0.953. The SMILES string of the molecule is CC(C)[C@@H]1CC[C@]2(NCCN3CCS(=O)(=O)CC3)CC[C@]3(C)[C@H](CC[C@@H]4[C@@]5(C)CC=C(C6CCC(CF)(C(O)O)CC6)C(C)(C)[C@@H]5CC[C@]43C)[C@@H]12. The molecule has 0 aromatic rings. The number of sulfone groups is 1. The highest BCUT2D eigenvalue weighted by Gasteiger charge is 2.70. The number of alkyl halides is 1. The van der Waals surface area contributed by atoms with Crippen LogP contribution in [0.4, 0.5) is 4.39 Å². The minimum absolute atomic E-state index is 0.0860. The zero-order chi connectivity index (χ0) is 36.8. The zero-order valence-electron chi connectivity index (χ0n) is 33.3. The maximum atomic E-state index is 14.1. The number of nitrogens with one attached hydrogen (secondary N) is 1. The molecular formula is C43H73FN2O4S. The number of nitrogens with zero attached hydrogens (tertiary/aromatic N) is 1. The summed E-state index contributed by atoms with van der Waals surface area (Å²) in [5, 5.41) is 24.3. The Morgan fingerprint density at radius 3 is 2.18 bits per heavy atom. The summed E-state index contributed by atoms with van der Waals surface area (Å²) in [5.41, 5.74) is 1.78. The van der Waals surface area contributed by atoms with Crippen molar-refractivity contribution in [3.8, 4) is 0 Å². The van der Waals surface area contributed by atoms with Gasteiger partial charge in [-0.1, -0.05) is 60.1 Å². The summed E-state index contributed by atoms with van der Waals surface area (Å²) in [6.45, 7) is 20.8. The smallest absolute Gasteiger partial charge is 0.159 e. The van der Waals surface area contributed by atoms with Crippen molar-refractivity contribution in [2.75, 3.05) is 44.4 Å². The van der Waals surface area contributed by atoms with Gasteiger partial charge in [0.05, 0.1) is 18.2 Å². The molecule has 0 aromatic heterocycles. The van der Waals surface area contributed by atoms with E-state index >= 15 is 0 Å². The van der Waals surface area contributed by atoms with Gasteiger partial charge >= 0.3 is 0 Å². The first-order chi connectivity index (χ1) is 23.9. The van der Waals surface area contributed by atoms with Gasteiger partial charge < -0.3 is 20.4 Å². The third kappa shape index (κ3) is 5.98. The minimum Gasteiger partial charge on any atom is -0.368 e. The first-order valence-corrected chi connectivity index (χ1v) is 23.0. The average molecular weight is 733 g/mol. The lowest BCUT2D eigenvalue weighted by Crippen LogP contribution is -2.68. The van der Waals surface area contributed by atoms with Gasteiger partial charge in [0, 0.05) is 37.1 Å². The van der Waals surface area contributed by atoms with Gasteiger partial charge in [0.15, 0.2) is 16.1 Å². The van der Waals surface area contributed by atoms with Crippen LogP contribution < -0.4 is 5.32 Å². The van der Waals surface area contributed by atoms with Crippen molar-refractivity contribution in [1.82, 2.24) is 10.2 Å². The molecule has 0 spiro atoms. The van der Waals surface area contributed by atoms with E-state index in [0.29, 0.717) is 77.9 Å². The van der Waals surface area contributed by atoms with E-state index in [1.54, 1.807) is 5.57 Å². The predicted octanol–water partition coefficient (Wildman–Crippen LogP) is 7.79. The topological polar surface area (TPSA) is 89.9 Å². The molecule has 0 bridgehead atoms. The van der Waals surface area contributed by atoms with Crippen molar-refractivity contribution in [3.05, 3.63) is 11.6 Å². The van der Waals surface area contributed by atoms with Gasteiger partial charge in [0.25, 0.3) is 0 Å². The Morgan fingerprint density at radius 1 is 0.863 bits per heavy atom. The second-order valence-electron chi connectivity index (χ2n) is 20.9. The Bertz CT molecular complexity index is 1420. The van der Waals surface area contributed by atoms with Gasteiger partial charge in [-0.2, -0.15) is 0 Å². The Hall–Kier alpha value is -0.540. The fourth-order valence-electron chi connectivity index (χ4n) is 15.4. The highest BCUT2D eigenvalue weighted by molar-refractivity contribution is 7.91. The standard InChI is InChI=1S/C43H73FN2O4S/c1-29(2)31-12-19-43(45-22-23-46-24-26-51(49,50)27-25-46)21-20-40(6)33(36(31)43)8-9-35-39(5)15-13-32(38(3,4)34(39)14-16-41(35,40)7)30-10-17-42(28-44,18-11-30)37(47)48/h13,29-31,33-37,45,47-48H,8-12,14-28H2,1-7H3/t30?,31-,33+,34-,35+,36+,39-,40+,41+,42?,43-/m0/s1. The van der Waals surface area contributed by atoms with Crippen LogP contribution in [0.2, 0.25) is 0 Å². The molecule has 6 nitrogen and oxygen atoms in total. The van der Waals surface area contributed by atoms with Crippen molar-refractivity contribution in [2.24, 2.45) is 68.5 Å². The molecule has 0 radical (unpaired) electrons. The van der Waals surface area contributed by atoms with Crippen LogP contribution in [0.3, 0.4) is 0 Å². The first-order valence-electron chi connectivity index (χ1n) is 21.2. The number of hydrogen-bond acceptors (Lipinski definition) is 6. The van der Waals surface area contributed by atoms with Crippen LogP contribution in [0.1, 0.15) is 132 Å². The first kappa shape index (κ1) is 38.7. The van der Waals surface area contributed by atoms with E-state index in [0.717, 1.165) is 44.2 Å².